The molecule has 1 nitrogen and oxygen atoms in total. The van der Waals surface area contributed by atoms with E-state index in [1.807, 2.05) is 0 Å². The third-order valence-electron chi connectivity index (χ3n) is 11.4. The van der Waals surface area contributed by atoms with Gasteiger partial charge in [-0.3, -0.25) is 0 Å². The number of hydrogen-bond acceptors (Lipinski definition) is 1. The molecule has 0 N–H and O–H groups in total. The Morgan fingerprint density at radius 1 is 0.520 bits per heavy atom. The average molecular weight is 652 g/mol. The highest BCUT2D eigenvalue weighted by Gasteiger charge is 2.35. The van der Waals surface area contributed by atoms with Crippen LogP contribution in [0.4, 0.5) is 17.1 Å². The van der Waals surface area contributed by atoms with Gasteiger partial charge in [-0.1, -0.05) is 157 Å². The highest BCUT2D eigenvalue weighted by molar-refractivity contribution is 5.89. The Morgan fingerprint density at radius 3 is 1.82 bits per heavy atom. The van der Waals surface area contributed by atoms with Crippen molar-refractivity contribution in [1.82, 2.24) is 0 Å². The molecule has 1 saturated carbocycles. The summed E-state index contributed by atoms with van der Waals surface area (Å²) in [6, 6.07) is 52.5. The van der Waals surface area contributed by atoms with E-state index in [4.69, 9.17) is 0 Å². The number of nitrogens with zero attached hydrogens (tertiary/aromatic N) is 1. The van der Waals surface area contributed by atoms with Gasteiger partial charge < -0.3 is 4.90 Å². The summed E-state index contributed by atoms with van der Waals surface area (Å²) in [5.74, 6) is 0.687. The minimum absolute atomic E-state index is 0.000291. The summed E-state index contributed by atoms with van der Waals surface area (Å²) in [5, 5.41) is 0. The van der Waals surface area contributed by atoms with Crippen LogP contribution in [0.2, 0.25) is 0 Å². The van der Waals surface area contributed by atoms with E-state index in [1.165, 1.54) is 105 Å². The van der Waals surface area contributed by atoms with Crippen LogP contribution in [0.5, 0.6) is 0 Å². The maximum Gasteiger partial charge on any atom is 0.0465 e. The van der Waals surface area contributed by atoms with Gasteiger partial charge in [-0.25, -0.2) is 0 Å². The molecule has 2 aliphatic carbocycles. The maximum absolute atomic E-state index is 2.46. The van der Waals surface area contributed by atoms with Crippen molar-refractivity contribution in [3.05, 3.63) is 162 Å². The van der Waals surface area contributed by atoms with Gasteiger partial charge in [0.05, 0.1) is 0 Å². The van der Waals surface area contributed by atoms with Crippen LogP contribution >= 0.6 is 0 Å². The zero-order valence-electron chi connectivity index (χ0n) is 30.3. The molecule has 6 aromatic carbocycles. The summed E-state index contributed by atoms with van der Waals surface area (Å²) in [6.45, 7) is 11.7. The highest BCUT2D eigenvalue weighted by Crippen LogP contribution is 2.51. The zero-order chi connectivity index (χ0) is 34.5. The third kappa shape index (κ3) is 5.77. The minimum Gasteiger partial charge on any atom is -0.310 e. The predicted molar refractivity (Wildman–Crippen MR) is 214 cm³/mol. The number of rotatable bonds is 6. The Morgan fingerprint density at radius 2 is 1.12 bits per heavy atom. The van der Waals surface area contributed by atoms with Gasteiger partial charge in [0.25, 0.3) is 0 Å². The molecule has 0 amide bonds. The first-order valence-corrected chi connectivity index (χ1v) is 18.6. The number of fused-ring (bicyclic) bond motifs is 3. The molecule has 0 unspecified atom stereocenters. The molecule has 2 aliphatic rings. The summed E-state index contributed by atoms with van der Waals surface area (Å²) < 4.78 is 0. The molecule has 0 heterocycles. The van der Waals surface area contributed by atoms with Crippen molar-refractivity contribution >= 4 is 17.1 Å². The smallest absolute Gasteiger partial charge is 0.0465 e. The fraction of sp³-hybridized carbons (Fsp3) is 0.265. The second-order valence-electron chi connectivity index (χ2n) is 16.1. The Labute approximate surface area is 299 Å². The van der Waals surface area contributed by atoms with Gasteiger partial charge in [0.15, 0.2) is 0 Å². The van der Waals surface area contributed by atoms with Crippen LogP contribution in [0.15, 0.2) is 140 Å². The predicted octanol–water partition coefficient (Wildman–Crippen LogP) is 14.1. The van der Waals surface area contributed by atoms with E-state index in [0.717, 1.165) is 0 Å². The van der Waals surface area contributed by atoms with Crippen LogP contribution in [0.25, 0.3) is 33.4 Å². The van der Waals surface area contributed by atoms with Crippen LogP contribution < -0.4 is 4.90 Å². The van der Waals surface area contributed by atoms with E-state index >= 15 is 0 Å². The van der Waals surface area contributed by atoms with E-state index in [9.17, 15) is 0 Å². The summed E-state index contributed by atoms with van der Waals surface area (Å²) in [7, 11) is 0. The molecule has 50 heavy (non-hydrogen) atoms. The SMILES string of the molecule is CC(C)(C)c1cccc(-c2ccccc2)c1-c1ccc(N(c2ccc(C3CCCCC3)cc2)c2ccc3c(c2)C(C)(C)c2ccccc2-3)cc1. The molecule has 1 fully saturated rings. The van der Waals surface area contributed by atoms with Crippen LogP contribution in [0.1, 0.15) is 94.9 Å². The monoisotopic (exact) mass is 651 g/mol. The van der Waals surface area contributed by atoms with Gasteiger partial charge in [0.2, 0.25) is 0 Å². The molecular formula is C49H49N. The van der Waals surface area contributed by atoms with E-state index in [0.29, 0.717) is 5.92 Å². The molecule has 8 rings (SSSR count). The van der Waals surface area contributed by atoms with Gasteiger partial charge in [0, 0.05) is 22.5 Å². The van der Waals surface area contributed by atoms with E-state index in [1.54, 1.807) is 0 Å². The molecule has 0 radical (unpaired) electrons. The molecule has 0 saturated heterocycles. The van der Waals surface area contributed by atoms with Crippen LogP contribution in [-0.2, 0) is 10.8 Å². The van der Waals surface area contributed by atoms with Crippen molar-refractivity contribution in [3.63, 3.8) is 0 Å². The van der Waals surface area contributed by atoms with Crippen molar-refractivity contribution < 1.29 is 0 Å². The fourth-order valence-electron chi connectivity index (χ4n) is 8.73. The first-order chi connectivity index (χ1) is 24.2. The minimum atomic E-state index is -0.0627. The van der Waals surface area contributed by atoms with Gasteiger partial charge in [-0.2, -0.15) is 0 Å². The highest BCUT2D eigenvalue weighted by atomic mass is 15.1. The zero-order valence-corrected chi connectivity index (χ0v) is 30.3. The van der Waals surface area contributed by atoms with Crippen molar-refractivity contribution in [1.29, 1.82) is 0 Å². The normalized spacial score (nSPS) is 15.4. The Hall–Kier alpha value is -4.88. The molecular weight excluding hydrogens is 603 g/mol. The van der Waals surface area contributed by atoms with Crippen LogP contribution in [0.3, 0.4) is 0 Å². The lowest BCUT2D eigenvalue weighted by Crippen LogP contribution is -2.16. The van der Waals surface area contributed by atoms with Gasteiger partial charge in [0.1, 0.15) is 0 Å². The first-order valence-electron chi connectivity index (χ1n) is 18.6. The lowest BCUT2D eigenvalue weighted by Gasteiger charge is -2.29. The van der Waals surface area contributed by atoms with Gasteiger partial charge in [-0.15, -0.1) is 0 Å². The summed E-state index contributed by atoms with van der Waals surface area (Å²) >= 11 is 0. The second-order valence-corrected chi connectivity index (χ2v) is 16.1. The van der Waals surface area contributed by atoms with Crippen LogP contribution in [0, 0.1) is 0 Å². The van der Waals surface area contributed by atoms with Gasteiger partial charge >= 0.3 is 0 Å². The molecule has 0 aromatic heterocycles. The van der Waals surface area contributed by atoms with Gasteiger partial charge in [-0.05, 0) is 116 Å². The third-order valence-corrected chi connectivity index (χ3v) is 11.4. The van der Waals surface area contributed by atoms with E-state index in [2.05, 4.69) is 179 Å². The summed E-state index contributed by atoms with van der Waals surface area (Å²) in [4.78, 5) is 2.46. The van der Waals surface area contributed by atoms with Crippen molar-refractivity contribution in [2.45, 2.75) is 83.5 Å². The molecule has 0 spiro atoms. The topological polar surface area (TPSA) is 3.24 Å². The fourth-order valence-corrected chi connectivity index (χ4v) is 8.73. The van der Waals surface area contributed by atoms with E-state index < -0.39 is 0 Å². The molecule has 1 heteroatoms. The first kappa shape index (κ1) is 32.3. The Bertz CT molecular complexity index is 2120. The average Bonchev–Trinajstić information content (AvgIpc) is 3.38. The molecule has 6 aromatic rings. The molecule has 0 atom stereocenters. The summed E-state index contributed by atoms with van der Waals surface area (Å²) in [5.41, 5.74) is 17.0. The van der Waals surface area contributed by atoms with E-state index in [-0.39, 0.29) is 10.8 Å². The lowest BCUT2D eigenvalue weighted by atomic mass is 9.79. The Kier molecular flexibility index (Phi) is 8.26. The summed E-state index contributed by atoms with van der Waals surface area (Å²) in [6.07, 6.45) is 6.70. The number of benzene rings is 6. The lowest BCUT2D eigenvalue weighted by molar-refractivity contribution is 0.443. The van der Waals surface area contributed by atoms with Crippen LogP contribution in [-0.4, -0.2) is 0 Å². The standard InChI is InChI=1S/C49H49N/c1-48(2,3)45-22-14-20-41(36-17-10-7-11-18-36)47(45)37-25-29-39(30-26-37)50(38-27-23-35(24-28-38)34-15-8-6-9-16-34)40-31-32-43-42-19-12-13-21-44(42)49(4,5)46(43)33-40/h7,10-14,17-34H,6,8-9,15-16H2,1-5H3. The molecule has 0 aliphatic heterocycles. The number of anilines is 3. The quantitative estimate of drug-likeness (QED) is 0.173. The number of hydrogen-bond donors (Lipinski definition) is 0. The van der Waals surface area contributed by atoms with Crippen molar-refractivity contribution in [2.24, 2.45) is 0 Å². The Balaban J connectivity index is 1.24. The maximum atomic E-state index is 2.46. The second kappa shape index (κ2) is 12.8. The molecule has 0 bridgehead atoms. The molecule has 250 valence electrons. The van der Waals surface area contributed by atoms with Crippen molar-refractivity contribution in [3.8, 4) is 33.4 Å². The largest absolute Gasteiger partial charge is 0.310 e. The van der Waals surface area contributed by atoms with Crippen molar-refractivity contribution in [2.75, 3.05) is 4.90 Å².